The van der Waals surface area contributed by atoms with E-state index < -0.39 is 6.04 Å². The molecule has 0 saturated carbocycles. The Morgan fingerprint density at radius 1 is 1.17 bits per heavy atom. The van der Waals surface area contributed by atoms with Crippen molar-refractivity contribution in [3.63, 3.8) is 0 Å². The van der Waals surface area contributed by atoms with Crippen LogP contribution in [0, 0.1) is 0 Å². The number of fused-ring (bicyclic) bond motifs is 1. The van der Waals surface area contributed by atoms with Gasteiger partial charge in [0.2, 0.25) is 5.91 Å². The molecule has 0 saturated heterocycles. The van der Waals surface area contributed by atoms with Gasteiger partial charge in [0.15, 0.2) is 0 Å². The van der Waals surface area contributed by atoms with Crippen LogP contribution in [0.1, 0.15) is 50.8 Å². The number of hydrogen-bond acceptors (Lipinski definition) is 4. The van der Waals surface area contributed by atoms with Gasteiger partial charge in [-0.15, -0.1) is 0 Å². The summed E-state index contributed by atoms with van der Waals surface area (Å²) in [4.78, 5) is 19.0. The second-order valence-corrected chi connectivity index (χ2v) is 7.62. The molecule has 1 unspecified atom stereocenters. The van der Waals surface area contributed by atoms with Gasteiger partial charge in [-0.3, -0.25) is 9.78 Å². The predicted octanol–water partition coefficient (Wildman–Crippen LogP) is 5.45. The van der Waals surface area contributed by atoms with Gasteiger partial charge in [-0.2, -0.15) is 0 Å². The third kappa shape index (κ3) is 4.51. The minimum atomic E-state index is -0.529. The van der Waals surface area contributed by atoms with Gasteiger partial charge in [-0.25, -0.2) is 0 Å². The monoisotopic (exact) mass is 425 g/mol. The van der Waals surface area contributed by atoms with E-state index in [4.69, 9.17) is 11.6 Å². The highest BCUT2D eigenvalue weighted by Gasteiger charge is 2.23. The van der Waals surface area contributed by atoms with Crippen molar-refractivity contribution < 1.29 is 9.90 Å². The molecule has 0 aliphatic rings. The molecule has 30 heavy (non-hydrogen) atoms. The Kier molecular flexibility index (Phi) is 7.16. The number of phenols is 1. The molecule has 1 amide bonds. The highest BCUT2D eigenvalue weighted by atomic mass is 35.5. The first-order chi connectivity index (χ1) is 14.5. The summed E-state index contributed by atoms with van der Waals surface area (Å²) in [6.07, 6.45) is 2.77. The second-order valence-electron chi connectivity index (χ2n) is 7.21. The maximum atomic E-state index is 12.5. The summed E-state index contributed by atoms with van der Waals surface area (Å²) in [5.74, 6) is -0.0448. The van der Waals surface area contributed by atoms with E-state index in [2.05, 4.69) is 29.0 Å². The molecule has 0 aliphatic heterocycles. The van der Waals surface area contributed by atoms with Crippen LogP contribution in [0.25, 0.3) is 10.9 Å². The van der Waals surface area contributed by atoms with Crippen molar-refractivity contribution in [1.82, 2.24) is 10.3 Å². The first-order valence-electron chi connectivity index (χ1n) is 10.4. The predicted molar refractivity (Wildman–Crippen MR) is 123 cm³/mol. The third-order valence-corrected chi connectivity index (χ3v) is 5.61. The summed E-state index contributed by atoms with van der Waals surface area (Å²) < 4.78 is 0. The fourth-order valence-corrected chi connectivity index (χ4v) is 3.96. The number of anilines is 1. The number of pyridine rings is 1. The molecular formula is C24H28ClN3O2. The highest BCUT2D eigenvalue weighted by Crippen LogP contribution is 2.38. The molecule has 3 aromatic rings. The van der Waals surface area contributed by atoms with Crippen molar-refractivity contribution in [2.24, 2.45) is 0 Å². The Labute approximate surface area is 182 Å². The smallest absolute Gasteiger partial charge is 0.220 e. The quantitative estimate of drug-likeness (QED) is 0.504. The summed E-state index contributed by atoms with van der Waals surface area (Å²) in [5, 5.41) is 15.2. The Morgan fingerprint density at radius 2 is 1.87 bits per heavy atom. The van der Waals surface area contributed by atoms with Gasteiger partial charge in [-0.05, 0) is 56.2 Å². The maximum absolute atomic E-state index is 12.5. The van der Waals surface area contributed by atoms with E-state index in [0.717, 1.165) is 30.8 Å². The molecule has 0 bridgehead atoms. The summed E-state index contributed by atoms with van der Waals surface area (Å²) >= 11 is 6.50. The first-order valence-corrected chi connectivity index (χ1v) is 10.8. The number of benzene rings is 2. The SMILES string of the molecule is CCCC(=O)NC(c1ccc(N(CC)CC)cc1)c1cc(Cl)c2cccnc2c1O. The largest absolute Gasteiger partial charge is 0.505 e. The molecular weight excluding hydrogens is 398 g/mol. The van der Waals surface area contributed by atoms with Crippen LogP contribution in [0.3, 0.4) is 0 Å². The lowest BCUT2D eigenvalue weighted by atomic mass is 9.95. The zero-order valence-electron chi connectivity index (χ0n) is 17.7. The summed E-state index contributed by atoms with van der Waals surface area (Å²) in [5.41, 5.74) is 2.95. The van der Waals surface area contributed by atoms with Crippen molar-refractivity contribution in [1.29, 1.82) is 0 Å². The molecule has 0 radical (unpaired) electrons. The van der Waals surface area contributed by atoms with E-state index in [9.17, 15) is 9.90 Å². The van der Waals surface area contributed by atoms with Gasteiger partial charge in [0.05, 0.1) is 11.1 Å². The molecule has 1 atom stereocenters. The van der Waals surface area contributed by atoms with Crippen molar-refractivity contribution in [3.05, 3.63) is 64.8 Å². The van der Waals surface area contributed by atoms with Crippen LogP contribution < -0.4 is 10.2 Å². The van der Waals surface area contributed by atoms with Gasteiger partial charge in [0, 0.05) is 42.3 Å². The molecule has 0 aliphatic carbocycles. The molecule has 158 valence electrons. The number of phenolic OH excluding ortho intramolecular Hbond substituents is 1. The minimum absolute atomic E-state index is 0.0321. The minimum Gasteiger partial charge on any atom is -0.505 e. The lowest BCUT2D eigenvalue weighted by Gasteiger charge is -2.24. The van der Waals surface area contributed by atoms with Crippen LogP contribution in [0.2, 0.25) is 5.02 Å². The molecule has 3 rings (SSSR count). The maximum Gasteiger partial charge on any atom is 0.220 e. The lowest BCUT2D eigenvalue weighted by molar-refractivity contribution is -0.121. The van der Waals surface area contributed by atoms with Crippen molar-refractivity contribution in [2.45, 2.75) is 39.7 Å². The van der Waals surface area contributed by atoms with Crippen LogP contribution in [0.4, 0.5) is 5.69 Å². The molecule has 6 heteroatoms. The molecule has 0 fully saturated rings. The fourth-order valence-electron chi connectivity index (χ4n) is 3.69. The number of aromatic hydroxyl groups is 1. The number of nitrogens with zero attached hydrogens (tertiary/aromatic N) is 2. The van der Waals surface area contributed by atoms with Gasteiger partial charge in [0.1, 0.15) is 11.3 Å². The average molecular weight is 426 g/mol. The van der Waals surface area contributed by atoms with Crippen LogP contribution >= 0.6 is 11.6 Å². The Morgan fingerprint density at radius 3 is 2.50 bits per heavy atom. The fraction of sp³-hybridized carbons (Fsp3) is 0.333. The Hall–Kier alpha value is -2.79. The van der Waals surface area contributed by atoms with Gasteiger partial charge < -0.3 is 15.3 Å². The summed E-state index contributed by atoms with van der Waals surface area (Å²) in [7, 11) is 0. The van der Waals surface area contributed by atoms with E-state index in [1.807, 2.05) is 37.3 Å². The van der Waals surface area contributed by atoms with E-state index in [0.29, 0.717) is 27.9 Å². The van der Waals surface area contributed by atoms with Crippen LogP contribution in [0.15, 0.2) is 48.7 Å². The summed E-state index contributed by atoms with van der Waals surface area (Å²) in [6.45, 7) is 8.03. The highest BCUT2D eigenvalue weighted by molar-refractivity contribution is 6.35. The molecule has 2 N–H and O–H groups in total. The Bertz CT molecular complexity index is 1020. The number of rotatable bonds is 8. The van der Waals surface area contributed by atoms with Crippen molar-refractivity contribution in [3.8, 4) is 5.75 Å². The third-order valence-electron chi connectivity index (χ3n) is 5.29. The summed E-state index contributed by atoms with van der Waals surface area (Å²) in [6, 6.07) is 12.8. The number of halogens is 1. The van der Waals surface area contributed by atoms with E-state index in [1.165, 1.54) is 0 Å². The van der Waals surface area contributed by atoms with Gasteiger partial charge >= 0.3 is 0 Å². The normalized spacial score (nSPS) is 12.0. The number of carbonyl (C=O) groups excluding carboxylic acids is 1. The van der Waals surface area contributed by atoms with Crippen molar-refractivity contribution in [2.75, 3.05) is 18.0 Å². The zero-order chi connectivity index (χ0) is 21.7. The van der Waals surface area contributed by atoms with E-state index in [-0.39, 0.29) is 11.7 Å². The molecule has 5 nitrogen and oxygen atoms in total. The van der Waals surface area contributed by atoms with Crippen LogP contribution in [-0.4, -0.2) is 29.1 Å². The van der Waals surface area contributed by atoms with Crippen LogP contribution in [0.5, 0.6) is 5.75 Å². The number of hydrogen-bond donors (Lipinski definition) is 2. The molecule has 2 aromatic carbocycles. The van der Waals surface area contributed by atoms with E-state index in [1.54, 1.807) is 18.3 Å². The molecule has 1 heterocycles. The second kappa shape index (κ2) is 9.81. The van der Waals surface area contributed by atoms with Crippen LogP contribution in [-0.2, 0) is 4.79 Å². The zero-order valence-corrected chi connectivity index (χ0v) is 18.4. The number of carbonyl (C=O) groups is 1. The lowest BCUT2D eigenvalue weighted by Crippen LogP contribution is -2.29. The van der Waals surface area contributed by atoms with E-state index >= 15 is 0 Å². The topological polar surface area (TPSA) is 65.5 Å². The number of amides is 1. The van der Waals surface area contributed by atoms with Gasteiger partial charge in [-0.1, -0.05) is 30.7 Å². The Balaban J connectivity index is 2.09. The molecule has 0 spiro atoms. The average Bonchev–Trinajstić information content (AvgIpc) is 2.76. The molecule has 1 aromatic heterocycles. The number of nitrogens with one attached hydrogen (secondary N) is 1. The van der Waals surface area contributed by atoms with Gasteiger partial charge in [0.25, 0.3) is 0 Å². The standard InChI is InChI=1S/C24H28ClN3O2/c1-4-8-21(29)27-22(16-10-12-17(13-11-16)28(5-2)6-3)19-15-20(25)18-9-7-14-26-23(18)24(19)30/h7,9-15,22,30H,4-6,8H2,1-3H3,(H,27,29). The number of aromatic nitrogens is 1. The first kappa shape index (κ1) is 21.9. The van der Waals surface area contributed by atoms with Crippen molar-refractivity contribution >= 4 is 34.1 Å².